The fraction of sp³-hybridized carbons (Fsp3) is 0.417. The average Bonchev–Trinajstić information content (AvgIpc) is 2.38. The van der Waals surface area contributed by atoms with E-state index >= 15 is 0 Å². The van der Waals surface area contributed by atoms with E-state index in [1.54, 1.807) is 6.07 Å². The van der Waals surface area contributed by atoms with Crippen molar-refractivity contribution < 1.29 is 9.90 Å². The Morgan fingerprint density at radius 3 is 2.00 bits per heavy atom. The van der Waals surface area contributed by atoms with Crippen LogP contribution in [-0.2, 0) is 4.79 Å². The molecule has 6 heteroatoms. The molecule has 2 rings (SSSR count). The van der Waals surface area contributed by atoms with Crippen LogP contribution in [0.25, 0.3) is 0 Å². The molecule has 1 amide bonds. The summed E-state index contributed by atoms with van der Waals surface area (Å²) >= 11 is 11.1. The van der Waals surface area contributed by atoms with Gasteiger partial charge in [0, 0.05) is 0 Å². The molecule has 0 atom stereocenters. The summed E-state index contributed by atoms with van der Waals surface area (Å²) in [6, 6.07) is 4.41. The number of piperidine rings is 1. The van der Waals surface area contributed by atoms with Gasteiger partial charge in [-0.15, -0.1) is 0 Å². The van der Waals surface area contributed by atoms with Crippen LogP contribution in [0.15, 0.2) is 18.2 Å². The van der Waals surface area contributed by atoms with Crippen molar-refractivity contribution in [1.29, 1.82) is 0 Å². The van der Waals surface area contributed by atoms with Crippen LogP contribution in [0.1, 0.15) is 19.3 Å². The van der Waals surface area contributed by atoms with Crippen molar-refractivity contribution >= 4 is 29.6 Å². The van der Waals surface area contributed by atoms with E-state index in [4.69, 9.17) is 33.1 Å². The number of halogens is 2. The van der Waals surface area contributed by atoms with Crippen molar-refractivity contribution in [2.75, 3.05) is 13.1 Å². The van der Waals surface area contributed by atoms with Crippen molar-refractivity contribution in [3.05, 3.63) is 28.2 Å². The number of hydrogen-bond donors (Lipinski definition) is 3. The number of hydrogen-bond acceptors (Lipinski definition) is 3. The highest BCUT2D eigenvalue weighted by atomic mass is 35.5. The van der Waals surface area contributed by atoms with Crippen molar-refractivity contribution in [3.8, 4) is 5.75 Å². The second-order valence-electron chi connectivity index (χ2n) is 3.55. The van der Waals surface area contributed by atoms with E-state index < -0.39 is 0 Å². The first-order chi connectivity index (χ1) is 8.61. The number of carbonyl (C=O) groups is 1. The van der Waals surface area contributed by atoms with Gasteiger partial charge < -0.3 is 16.2 Å². The van der Waals surface area contributed by atoms with Crippen LogP contribution in [0.4, 0.5) is 0 Å². The van der Waals surface area contributed by atoms with Crippen LogP contribution < -0.4 is 11.1 Å². The van der Waals surface area contributed by atoms with Gasteiger partial charge in [-0.25, -0.2) is 0 Å². The third kappa shape index (κ3) is 9.10. The Morgan fingerprint density at radius 2 is 1.72 bits per heavy atom. The molecule has 0 radical (unpaired) electrons. The molecule has 0 saturated carbocycles. The van der Waals surface area contributed by atoms with Crippen LogP contribution in [0.5, 0.6) is 5.75 Å². The molecule has 1 aromatic rings. The quantitative estimate of drug-likeness (QED) is 0.643. The molecule has 0 unspecified atom stereocenters. The molecule has 0 aromatic heterocycles. The number of amides is 1. The highest BCUT2D eigenvalue weighted by Crippen LogP contribution is 2.24. The zero-order chi connectivity index (χ0) is 13.8. The summed E-state index contributed by atoms with van der Waals surface area (Å²) in [5.74, 6) is 0.129. The Labute approximate surface area is 117 Å². The number of phenols is 1. The number of nitrogens with one attached hydrogen (secondary N) is 1. The summed E-state index contributed by atoms with van der Waals surface area (Å²) in [5.41, 5.74) is 4.17. The summed E-state index contributed by atoms with van der Waals surface area (Å²) in [7, 11) is 0. The highest BCUT2D eigenvalue weighted by molar-refractivity contribution is 6.42. The number of primary amides is 1. The molecule has 1 fully saturated rings. The van der Waals surface area contributed by atoms with Gasteiger partial charge in [0.05, 0.1) is 10.0 Å². The molecular weight excluding hydrogens is 275 g/mol. The largest absolute Gasteiger partial charge is 0.508 e. The van der Waals surface area contributed by atoms with Crippen LogP contribution in [-0.4, -0.2) is 24.6 Å². The van der Waals surface area contributed by atoms with Gasteiger partial charge in [-0.1, -0.05) is 29.6 Å². The predicted molar refractivity (Wildman–Crippen MR) is 75.1 cm³/mol. The second kappa shape index (κ2) is 11.1. The van der Waals surface area contributed by atoms with E-state index in [0.717, 1.165) is 0 Å². The molecule has 1 heterocycles. The normalized spacial score (nSPS) is 13.4. The average molecular weight is 293 g/mol. The van der Waals surface area contributed by atoms with Crippen molar-refractivity contribution in [2.45, 2.75) is 19.3 Å². The zero-order valence-corrected chi connectivity index (χ0v) is 11.5. The van der Waals surface area contributed by atoms with E-state index in [1.165, 1.54) is 44.5 Å². The van der Waals surface area contributed by atoms with Crippen molar-refractivity contribution in [1.82, 2.24) is 5.32 Å². The molecule has 102 valence electrons. The van der Waals surface area contributed by atoms with E-state index in [0.29, 0.717) is 10.0 Å². The maximum absolute atomic E-state index is 8.79. The predicted octanol–water partition coefficient (Wildman–Crippen LogP) is 2.56. The van der Waals surface area contributed by atoms with Gasteiger partial charge in [0.1, 0.15) is 5.75 Å². The van der Waals surface area contributed by atoms with Gasteiger partial charge in [0.25, 0.3) is 0 Å². The minimum Gasteiger partial charge on any atom is -0.508 e. The maximum Gasteiger partial charge on any atom is 0.204 e. The number of benzene rings is 1. The summed E-state index contributed by atoms with van der Waals surface area (Å²) in [6.07, 6.45) is 4.47. The van der Waals surface area contributed by atoms with Crippen molar-refractivity contribution in [2.24, 2.45) is 5.73 Å². The molecule has 18 heavy (non-hydrogen) atoms. The standard InChI is InChI=1S/C6H4Cl2O.C5H11N.CH3NO/c7-5-2-1-4(9)3-6(5)8;1-2-4-6-5-3-1;2-1-3/h1-3,9H;6H,1-5H2;1H,(H2,2,3). The maximum atomic E-state index is 8.79. The van der Waals surface area contributed by atoms with E-state index in [9.17, 15) is 0 Å². The Morgan fingerprint density at radius 1 is 1.17 bits per heavy atom. The minimum absolute atomic E-state index is 0.129. The molecule has 0 aliphatic carbocycles. The Balaban J connectivity index is 0.000000278. The van der Waals surface area contributed by atoms with Crippen LogP contribution >= 0.6 is 23.2 Å². The van der Waals surface area contributed by atoms with Gasteiger partial charge in [-0.3, -0.25) is 4.79 Å². The zero-order valence-electron chi connectivity index (χ0n) is 10.0. The molecule has 1 saturated heterocycles. The monoisotopic (exact) mass is 292 g/mol. The van der Waals surface area contributed by atoms with Gasteiger partial charge >= 0.3 is 0 Å². The number of phenolic OH excluding ortho intramolecular Hbond substituents is 1. The smallest absolute Gasteiger partial charge is 0.204 e. The number of rotatable bonds is 0. The third-order valence-electron chi connectivity index (χ3n) is 2.11. The molecule has 1 aliphatic rings. The molecule has 4 nitrogen and oxygen atoms in total. The summed E-state index contributed by atoms with van der Waals surface area (Å²) in [6.45, 7) is 2.50. The first-order valence-electron chi connectivity index (χ1n) is 5.62. The fourth-order valence-corrected chi connectivity index (χ4v) is 1.58. The summed E-state index contributed by atoms with van der Waals surface area (Å²) in [5, 5.41) is 12.9. The topological polar surface area (TPSA) is 75.3 Å². The Hall–Kier alpha value is -0.970. The third-order valence-corrected chi connectivity index (χ3v) is 2.85. The lowest BCUT2D eigenvalue weighted by Crippen LogP contribution is -2.21. The molecule has 4 N–H and O–H groups in total. The lowest BCUT2D eigenvalue weighted by atomic mass is 10.2. The lowest BCUT2D eigenvalue weighted by molar-refractivity contribution is -0.106. The first kappa shape index (κ1) is 17.0. The van der Waals surface area contributed by atoms with Crippen LogP contribution in [0.2, 0.25) is 10.0 Å². The SMILES string of the molecule is C1CCNCC1.NC=O.Oc1ccc(Cl)c(Cl)c1. The van der Waals surface area contributed by atoms with Gasteiger partial charge in [-0.2, -0.15) is 0 Å². The molecular formula is C12H18Cl2N2O2. The van der Waals surface area contributed by atoms with Gasteiger partial charge in [0.15, 0.2) is 0 Å². The second-order valence-corrected chi connectivity index (χ2v) is 4.36. The summed E-state index contributed by atoms with van der Waals surface area (Å²) in [4.78, 5) is 8.58. The van der Waals surface area contributed by atoms with E-state index in [2.05, 4.69) is 11.1 Å². The van der Waals surface area contributed by atoms with Crippen LogP contribution in [0.3, 0.4) is 0 Å². The fourth-order valence-electron chi connectivity index (χ4n) is 1.29. The first-order valence-corrected chi connectivity index (χ1v) is 6.37. The molecule has 0 bridgehead atoms. The van der Waals surface area contributed by atoms with Gasteiger partial charge in [-0.05, 0) is 44.1 Å². The molecule has 1 aromatic carbocycles. The Bertz CT molecular complexity index is 333. The highest BCUT2D eigenvalue weighted by Gasteiger charge is 1.95. The lowest BCUT2D eigenvalue weighted by Gasteiger charge is -2.08. The number of aromatic hydroxyl groups is 1. The Kier molecular flexibility index (Phi) is 10.5. The van der Waals surface area contributed by atoms with Gasteiger partial charge in [0.2, 0.25) is 6.41 Å². The number of carbonyl (C=O) groups excluding carboxylic acids is 1. The van der Waals surface area contributed by atoms with Crippen LogP contribution in [0, 0.1) is 0 Å². The molecule has 1 aliphatic heterocycles. The number of nitrogens with two attached hydrogens (primary N) is 1. The summed E-state index contributed by atoms with van der Waals surface area (Å²) < 4.78 is 0. The van der Waals surface area contributed by atoms with E-state index in [-0.39, 0.29) is 12.2 Å². The van der Waals surface area contributed by atoms with E-state index in [1.807, 2.05) is 0 Å². The van der Waals surface area contributed by atoms with Crippen molar-refractivity contribution in [3.63, 3.8) is 0 Å². The minimum atomic E-state index is 0.129. The molecule has 0 spiro atoms.